The largest absolute Gasteiger partial charge is 0.476 e. The van der Waals surface area contributed by atoms with Gasteiger partial charge in [0, 0.05) is 6.20 Å². The lowest BCUT2D eigenvalue weighted by atomic mass is 10.1. The van der Waals surface area contributed by atoms with Gasteiger partial charge >= 0.3 is 0 Å². The summed E-state index contributed by atoms with van der Waals surface area (Å²) in [5.74, 6) is -0.519. The lowest BCUT2D eigenvalue weighted by Crippen LogP contribution is -2.02. The molecule has 0 saturated carbocycles. The van der Waals surface area contributed by atoms with E-state index < -0.39 is 5.82 Å². The van der Waals surface area contributed by atoms with Crippen molar-refractivity contribution in [3.63, 3.8) is 0 Å². The molecule has 2 nitrogen and oxygen atoms in total. The second kappa shape index (κ2) is 6.36. The first-order chi connectivity index (χ1) is 8.75. The maximum atomic E-state index is 13.3. The number of hydrogen-bond donors (Lipinski definition) is 0. The van der Waals surface area contributed by atoms with Gasteiger partial charge in [-0.15, -0.1) is 0 Å². The summed E-state index contributed by atoms with van der Waals surface area (Å²) in [6, 6.07) is 11.3. The molecule has 0 aliphatic rings. The Morgan fingerprint density at radius 3 is 2.72 bits per heavy atom. The van der Waals surface area contributed by atoms with Crippen LogP contribution < -0.4 is 4.74 Å². The number of aromatic nitrogens is 1. The van der Waals surface area contributed by atoms with Gasteiger partial charge in [0.1, 0.15) is 0 Å². The zero-order chi connectivity index (χ0) is 12.8. The molecule has 0 unspecified atom stereocenters. The van der Waals surface area contributed by atoms with Crippen molar-refractivity contribution in [1.82, 2.24) is 4.98 Å². The summed E-state index contributed by atoms with van der Waals surface area (Å²) in [6.07, 6.45) is 3.08. The van der Waals surface area contributed by atoms with Crippen molar-refractivity contribution >= 4 is 11.6 Å². The van der Waals surface area contributed by atoms with Gasteiger partial charge in [0.05, 0.1) is 11.6 Å². The number of rotatable bonds is 5. The van der Waals surface area contributed by atoms with Crippen molar-refractivity contribution in [2.24, 2.45) is 0 Å². The second-order valence-electron chi connectivity index (χ2n) is 3.88. The van der Waals surface area contributed by atoms with Crippen LogP contribution in [-0.4, -0.2) is 11.6 Å². The number of ether oxygens (including phenoxy) is 1. The molecule has 0 aliphatic heterocycles. The number of pyridine rings is 1. The third-order valence-electron chi connectivity index (χ3n) is 2.47. The fraction of sp³-hybridized carbons (Fsp3) is 0.214. The Bertz CT molecular complexity index is 504. The van der Waals surface area contributed by atoms with Crippen molar-refractivity contribution < 1.29 is 9.13 Å². The average Bonchev–Trinajstić information content (AvgIpc) is 2.38. The van der Waals surface area contributed by atoms with Crippen molar-refractivity contribution in [3.05, 3.63) is 59.0 Å². The molecule has 1 heterocycles. The predicted molar refractivity (Wildman–Crippen MR) is 69.5 cm³/mol. The minimum absolute atomic E-state index is 0.00691. The van der Waals surface area contributed by atoms with Gasteiger partial charge in [-0.2, -0.15) is 0 Å². The maximum Gasteiger partial charge on any atom is 0.250 e. The quantitative estimate of drug-likeness (QED) is 0.766. The molecule has 0 saturated heterocycles. The van der Waals surface area contributed by atoms with E-state index in [9.17, 15) is 4.39 Å². The van der Waals surface area contributed by atoms with Crippen LogP contribution in [0, 0.1) is 5.82 Å². The number of benzene rings is 1. The van der Waals surface area contributed by atoms with Crippen LogP contribution in [0.3, 0.4) is 0 Å². The Balaban J connectivity index is 1.79. The van der Waals surface area contributed by atoms with Gasteiger partial charge < -0.3 is 4.74 Å². The Labute approximate surface area is 110 Å². The summed E-state index contributed by atoms with van der Waals surface area (Å²) in [5, 5.41) is 0.268. The van der Waals surface area contributed by atoms with Crippen LogP contribution in [0.15, 0.2) is 42.6 Å². The van der Waals surface area contributed by atoms with Gasteiger partial charge in [-0.05, 0) is 24.5 Å². The highest BCUT2D eigenvalue weighted by Crippen LogP contribution is 2.17. The first-order valence-corrected chi connectivity index (χ1v) is 6.11. The van der Waals surface area contributed by atoms with Crippen LogP contribution in [0.5, 0.6) is 5.88 Å². The van der Waals surface area contributed by atoms with E-state index in [4.69, 9.17) is 16.3 Å². The summed E-state index contributed by atoms with van der Waals surface area (Å²) in [6.45, 7) is 0.431. The van der Waals surface area contributed by atoms with E-state index in [1.807, 2.05) is 18.2 Å². The molecule has 2 aromatic rings. The minimum Gasteiger partial charge on any atom is -0.476 e. The number of aryl methyl sites for hydroxylation is 1. The van der Waals surface area contributed by atoms with Crippen LogP contribution >= 0.6 is 11.6 Å². The van der Waals surface area contributed by atoms with E-state index in [2.05, 4.69) is 17.1 Å². The number of hydrogen-bond acceptors (Lipinski definition) is 2. The Morgan fingerprint density at radius 2 is 2.00 bits per heavy atom. The fourth-order valence-electron chi connectivity index (χ4n) is 1.60. The molecule has 1 aromatic carbocycles. The standard InChI is InChI=1S/C14H13ClFNO/c15-12-9-13(16)14(17-10-12)18-8-4-7-11-5-2-1-3-6-11/h1-3,5-6,9-10H,4,7-8H2. The zero-order valence-electron chi connectivity index (χ0n) is 9.77. The predicted octanol–water partition coefficient (Wildman–Crippen LogP) is 3.89. The summed E-state index contributed by atoms with van der Waals surface area (Å²) in [7, 11) is 0. The molecule has 0 N–H and O–H groups in total. The molecular formula is C14H13ClFNO. The summed E-state index contributed by atoms with van der Waals surface area (Å²) < 4.78 is 18.6. The van der Waals surface area contributed by atoms with Gasteiger partial charge in [-0.25, -0.2) is 9.37 Å². The van der Waals surface area contributed by atoms with E-state index in [1.165, 1.54) is 17.8 Å². The van der Waals surface area contributed by atoms with Crippen LogP contribution in [0.1, 0.15) is 12.0 Å². The van der Waals surface area contributed by atoms with Gasteiger partial charge in [0.25, 0.3) is 0 Å². The monoisotopic (exact) mass is 265 g/mol. The molecule has 0 radical (unpaired) electrons. The van der Waals surface area contributed by atoms with Crippen LogP contribution in [0.4, 0.5) is 4.39 Å². The minimum atomic E-state index is -0.526. The lowest BCUT2D eigenvalue weighted by Gasteiger charge is -2.06. The normalized spacial score (nSPS) is 10.3. The van der Waals surface area contributed by atoms with Crippen LogP contribution in [0.25, 0.3) is 0 Å². The topological polar surface area (TPSA) is 22.1 Å². The molecular weight excluding hydrogens is 253 g/mol. The molecule has 0 atom stereocenters. The molecule has 0 amide bonds. The molecule has 0 bridgehead atoms. The van der Waals surface area contributed by atoms with Crippen molar-refractivity contribution in [1.29, 1.82) is 0 Å². The molecule has 0 spiro atoms. The maximum absolute atomic E-state index is 13.3. The summed E-state index contributed by atoms with van der Waals surface area (Å²) in [5.41, 5.74) is 1.24. The molecule has 0 aliphatic carbocycles. The Kier molecular flexibility index (Phi) is 4.53. The molecule has 4 heteroatoms. The first-order valence-electron chi connectivity index (χ1n) is 5.73. The molecule has 2 rings (SSSR count). The highest BCUT2D eigenvalue weighted by Gasteiger charge is 2.05. The van der Waals surface area contributed by atoms with E-state index in [0.717, 1.165) is 12.8 Å². The average molecular weight is 266 g/mol. The third kappa shape index (κ3) is 3.70. The highest BCUT2D eigenvalue weighted by molar-refractivity contribution is 6.30. The van der Waals surface area contributed by atoms with Gasteiger partial charge in [-0.1, -0.05) is 41.9 Å². The van der Waals surface area contributed by atoms with Crippen molar-refractivity contribution in [2.45, 2.75) is 12.8 Å². The zero-order valence-corrected chi connectivity index (χ0v) is 10.5. The number of halogens is 2. The SMILES string of the molecule is Fc1cc(Cl)cnc1OCCCc1ccccc1. The lowest BCUT2D eigenvalue weighted by molar-refractivity contribution is 0.283. The third-order valence-corrected chi connectivity index (χ3v) is 2.67. The van der Waals surface area contributed by atoms with E-state index in [1.54, 1.807) is 0 Å². The second-order valence-corrected chi connectivity index (χ2v) is 4.31. The Hall–Kier alpha value is -1.61. The number of nitrogens with zero attached hydrogens (tertiary/aromatic N) is 1. The molecule has 94 valence electrons. The molecule has 0 fully saturated rings. The van der Waals surface area contributed by atoms with E-state index in [-0.39, 0.29) is 10.9 Å². The van der Waals surface area contributed by atoms with Gasteiger partial charge in [-0.3, -0.25) is 0 Å². The van der Waals surface area contributed by atoms with Crippen molar-refractivity contribution in [2.75, 3.05) is 6.61 Å². The smallest absolute Gasteiger partial charge is 0.250 e. The van der Waals surface area contributed by atoms with Crippen molar-refractivity contribution in [3.8, 4) is 5.88 Å². The van der Waals surface area contributed by atoms with Gasteiger partial charge in [0.15, 0.2) is 5.82 Å². The summed E-state index contributed by atoms with van der Waals surface area (Å²) in [4.78, 5) is 3.79. The van der Waals surface area contributed by atoms with Crippen LogP contribution in [-0.2, 0) is 6.42 Å². The summed E-state index contributed by atoms with van der Waals surface area (Å²) >= 11 is 5.60. The first kappa shape index (κ1) is 12.8. The Morgan fingerprint density at radius 1 is 1.22 bits per heavy atom. The van der Waals surface area contributed by atoms with E-state index >= 15 is 0 Å². The molecule has 1 aromatic heterocycles. The van der Waals surface area contributed by atoms with Crippen LogP contribution in [0.2, 0.25) is 5.02 Å². The fourth-order valence-corrected chi connectivity index (χ4v) is 1.74. The highest BCUT2D eigenvalue weighted by atomic mass is 35.5. The van der Waals surface area contributed by atoms with E-state index in [0.29, 0.717) is 6.61 Å². The molecule has 18 heavy (non-hydrogen) atoms. The van der Waals surface area contributed by atoms with Gasteiger partial charge in [0.2, 0.25) is 5.88 Å².